The van der Waals surface area contributed by atoms with E-state index in [2.05, 4.69) is 41.5 Å². The molecule has 4 rings (SSSR count). The van der Waals surface area contributed by atoms with E-state index in [9.17, 15) is 5.11 Å². The Morgan fingerprint density at radius 2 is 1.52 bits per heavy atom. The van der Waals surface area contributed by atoms with Crippen LogP contribution in [0.5, 0.6) is 0 Å². The monoisotopic (exact) mass is 430 g/mol. The minimum Gasteiger partial charge on any atom is -0.393 e. The first-order valence-electron chi connectivity index (χ1n) is 14.4. The Hall–Kier alpha value is -0.0400. The first-order chi connectivity index (χ1) is 14.7. The normalized spacial score (nSPS) is 46.8. The van der Waals surface area contributed by atoms with Gasteiger partial charge in [0.1, 0.15) is 0 Å². The van der Waals surface area contributed by atoms with E-state index in [1.165, 1.54) is 70.6 Å². The molecule has 4 fully saturated rings. The van der Waals surface area contributed by atoms with Crippen molar-refractivity contribution in [2.45, 2.75) is 131 Å². The predicted octanol–water partition coefficient (Wildman–Crippen LogP) is 8.49. The van der Waals surface area contributed by atoms with Gasteiger partial charge in [0.15, 0.2) is 0 Å². The van der Waals surface area contributed by atoms with Crippen LogP contribution >= 0.6 is 0 Å². The highest BCUT2D eigenvalue weighted by Crippen LogP contribution is 2.68. The lowest BCUT2D eigenvalue weighted by atomic mass is 9.44. The fourth-order valence-corrected chi connectivity index (χ4v) is 10.1. The van der Waals surface area contributed by atoms with Crippen molar-refractivity contribution in [3.63, 3.8) is 0 Å². The minimum atomic E-state index is -0.0115. The van der Waals surface area contributed by atoms with Gasteiger partial charge in [-0.2, -0.15) is 0 Å². The number of rotatable bonds is 7. The molecule has 0 spiro atoms. The molecule has 0 aromatic rings. The van der Waals surface area contributed by atoms with Crippen LogP contribution in [0.3, 0.4) is 0 Å². The maximum Gasteiger partial charge on any atom is 0.0543 e. The Balaban J connectivity index is 1.43. The van der Waals surface area contributed by atoms with Gasteiger partial charge in [-0.15, -0.1) is 0 Å². The molecule has 1 N–H and O–H groups in total. The van der Waals surface area contributed by atoms with Crippen molar-refractivity contribution in [1.29, 1.82) is 0 Å². The molecule has 4 aliphatic carbocycles. The Morgan fingerprint density at radius 1 is 0.806 bits per heavy atom. The fraction of sp³-hybridized carbons (Fsp3) is 1.00. The second-order valence-electron chi connectivity index (χ2n) is 13.7. The second kappa shape index (κ2) is 9.31. The topological polar surface area (TPSA) is 20.2 Å². The Kier molecular flexibility index (Phi) is 7.23. The lowest BCUT2D eigenvalue weighted by Crippen LogP contribution is -2.54. The molecular formula is C30H54O. The average Bonchev–Trinajstić information content (AvgIpc) is 3.08. The zero-order chi connectivity index (χ0) is 22.4. The van der Waals surface area contributed by atoms with Crippen LogP contribution in [-0.4, -0.2) is 11.2 Å². The summed E-state index contributed by atoms with van der Waals surface area (Å²) in [5.41, 5.74) is 1.13. The zero-order valence-electron chi connectivity index (χ0n) is 21.8. The molecule has 10 atom stereocenters. The molecule has 0 heterocycles. The van der Waals surface area contributed by atoms with E-state index in [0.29, 0.717) is 10.8 Å². The molecule has 1 heteroatoms. The van der Waals surface area contributed by atoms with Crippen LogP contribution in [0.25, 0.3) is 0 Å². The maximum atomic E-state index is 10.3. The van der Waals surface area contributed by atoms with Gasteiger partial charge in [-0.3, -0.25) is 0 Å². The summed E-state index contributed by atoms with van der Waals surface area (Å²) < 4.78 is 0. The average molecular weight is 431 g/mol. The Bertz CT molecular complexity index is 597. The van der Waals surface area contributed by atoms with Gasteiger partial charge in [-0.1, -0.05) is 60.8 Å². The van der Waals surface area contributed by atoms with Crippen molar-refractivity contribution in [1.82, 2.24) is 0 Å². The third-order valence-corrected chi connectivity index (χ3v) is 12.0. The number of aliphatic hydroxyl groups excluding tert-OH is 1. The molecule has 1 nitrogen and oxygen atoms in total. The number of fused-ring (bicyclic) bond motifs is 5. The summed E-state index contributed by atoms with van der Waals surface area (Å²) in [5, 5.41) is 10.3. The molecule has 31 heavy (non-hydrogen) atoms. The summed E-state index contributed by atoms with van der Waals surface area (Å²) in [6.45, 7) is 15.2. The first-order valence-corrected chi connectivity index (χ1v) is 14.4. The zero-order valence-corrected chi connectivity index (χ0v) is 21.8. The van der Waals surface area contributed by atoms with Gasteiger partial charge in [-0.05, 0) is 122 Å². The quantitative estimate of drug-likeness (QED) is 0.429. The van der Waals surface area contributed by atoms with Gasteiger partial charge in [-0.25, -0.2) is 0 Å². The molecule has 4 saturated carbocycles. The third-order valence-electron chi connectivity index (χ3n) is 12.0. The van der Waals surface area contributed by atoms with Gasteiger partial charge in [0.05, 0.1) is 6.10 Å². The summed E-state index contributed by atoms with van der Waals surface area (Å²) >= 11 is 0. The third kappa shape index (κ3) is 4.28. The smallest absolute Gasteiger partial charge is 0.0543 e. The predicted molar refractivity (Wildman–Crippen MR) is 133 cm³/mol. The van der Waals surface area contributed by atoms with E-state index in [-0.39, 0.29) is 6.10 Å². The van der Waals surface area contributed by atoms with E-state index in [1.807, 2.05) is 0 Å². The minimum absolute atomic E-state index is 0.0115. The summed E-state index contributed by atoms with van der Waals surface area (Å²) in [7, 11) is 0. The number of hydrogen-bond donors (Lipinski definition) is 1. The summed E-state index contributed by atoms with van der Waals surface area (Å²) in [5.74, 6) is 7.36. The van der Waals surface area contributed by atoms with Crippen molar-refractivity contribution < 1.29 is 5.11 Å². The fourth-order valence-electron chi connectivity index (χ4n) is 10.1. The van der Waals surface area contributed by atoms with Crippen LogP contribution in [0.2, 0.25) is 0 Å². The molecule has 4 aliphatic rings. The molecule has 0 aromatic heterocycles. The van der Waals surface area contributed by atoms with E-state index in [4.69, 9.17) is 0 Å². The van der Waals surface area contributed by atoms with Crippen LogP contribution in [-0.2, 0) is 0 Å². The van der Waals surface area contributed by atoms with E-state index in [1.54, 1.807) is 0 Å². The lowest BCUT2D eigenvalue weighted by Gasteiger charge is -2.61. The van der Waals surface area contributed by atoms with E-state index >= 15 is 0 Å². The van der Waals surface area contributed by atoms with Crippen LogP contribution in [0.1, 0.15) is 125 Å². The first kappa shape index (κ1) is 24.1. The van der Waals surface area contributed by atoms with E-state index in [0.717, 1.165) is 60.2 Å². The molecule has 0 bridgehead atoms. The molecule has 0 aromatic carbocycles. The van der Waals surface area contributed by atoms with Crippen molar-refractivity contribution in [3.05, 3.63) is 0 Å². The summed E-state index contributed by atoms with van der Waals surface area (Å²) in [4.78, 5) is 0. The molecular weight excluding hydrogens is 376 g/mol. The second-order valence-corrected chi connectivity index (χ2v) is 13.7. The Morgan fingerprint density at radius 3 is 2.23 bits per heavy atom. The van der Waals surface area contributed by atoms with Crippen molar-refractivity contribution in [2.75, 3.05) is 0 Å². The highest BCUT2D eigenvalue weighted by Gasteiger charge is 2.60. The highest BCUT2D eigenvalue weighted by atomic mass is 16.3. The largest absolute Gasteiger partial charge is 0.393 e. The molecule has 0 amide bonds. The standard InChI is InChI=1S/C30H54O/c1-7-8-22(20(2)3)10-9-21(4)26-13-14-27-25-12-11-23-19-24(31)15-17-29(23,5)28(25)16-18-30(26,27)6/h20-28,31H,7-19H2,1-6H3/t21-,22-,23-,24+,25+,26-,27?,28?,29+,30-/m1/s1. The molecule has 2 unspecified atom stereocenters. The molecule has 0 aliphatic heterocycles. The number of hydrogen-bond acceptors (Lipinski definition) is 1. The summed E-state index contributed by atoms with van der Waals surface area (Å²) in [6.07, 6.45) is 18.0. The Labute approximate surface area is 194 Å². The van der Waals surface area contributed by atoms with Gasteiger partial charge < -0.3 is 5.11 Å². The van der Waals surface area contributed by atoms with Gasteiger partial charge >= 0.3 is 0 Å². The van der Waals surface area contributed by atoms with Crippen LogP contribution in [0.4, 0.5) is 0 Å². The summed E-state index contributed by atoms with van der Waals surface area (Å²) in [6, 6.07) is 0. The van der Waals surface area contributed by atoms with Gasteiger partial charge in [0, 0.05) is 0 Å². The maximum absolute atomic E-state index is 10.3. The van der Waals surface area contributed by atoms with E-state index < -0.39 is 0 Å². The van der Waals surface area contributed by atoms with Crippen LogP contribution < -0.4 is 0 Å². The van der Waals surface area contributed by atoms with Gasteiger partial charge in [0.25, 0.3) is 0 Å². The van der Waals surface area contributed by atoms with Crippen LogP contribution in [0, 0.1) is 58.2 Å². The van der Waals surface area contributed by atoms with Crippen LogP contribution in [0.15, 0.2) is 0 Å². The molecule has 0 radical (unpaired) electrons. The highest BCUT2D eigenvalue weighted by molar-refractivity contribution is 5.09. The van der Waals surface area contributed by atoms with Crippen molar-refractivity contribution >= 4 is 0 Å². The SMILES string of the molecule is CCC[C@H](CC[C@@H](C)[C@H]1CCC2[C@@H]3CC[C@@H]4C[C@@H](O)CC[C@]4(C)C3CC[C@@]21C)C(C)C. The molecule has 0 saturated heterocycles. The lowest BCUT2D eigenvalue weighted by molar-refractivity contribution is -0.129. The van der Waals surface area contributed by atoms with Crippen molar-refractivity contribution in [2.24, 2.45) is 58.2 Å². The van der Waals surface area contributed by atoms with Gasteiger partial charge in [0.2, 0.25) is 0 Å². The number of aliphatic hydroxyl groups is 1. The van der Waals surface area contributed by atoms with Crippen molar-refractivity contribution in [3.8, 4) is 0 Å². The molecule has 180 valence electrons.